The Hall–Kier alpha value is -1.45. The van der Waals surface area contributed by atoms with Crippen molar-refractivity contribution in [2.24, 2.45) is 7.05 Å². The first-order valence-corrected chi connectivity index (χ1v) is 4.88. The van der Waals surface area contributed by atoms with Gasteiger partial charge in [0.25, 0.3) is 5.56 Å². The highest BCUT2D eigenvalue weighted by atomic mass is 16.5. The fourth-order valence-corrected chi connectivity index (χ4v) is 1.37. The number of hydrogen-bond acceptors (Lipinski definition) is 3. The van der Waals surface area contributed by atoms with E-state index in [2.05, 4.69) is 0 Å². The van der Waals surface area contributed by atoms with Crippen LogP contribution in [-0.4, -0.2) is 17.8 Å². The summed E-state index contributed by atoms with van der Waals surface area (Å²) in [5.74, 6) is 1.12. The van der Waals surface area contributed by atoms with Gasteiger partial charge in [-0.2, -0.15) is 0 Å². The van der Waals surface area contributed by atoms with E-state index >= 15 is 0 Å². The molecule has 0 fully saturated rings. The molecule has 0 bridgehead atoms. The van der Waals surface area contributed by atoms with E-state index in [1.807, 2.05) is 13.8 Å². The number of nitrogens with zero attached hydrogens (tertiary/aromatic N) is 1. The van der Waals surface area contributed by atoms with Crippen LogP contribution in [0.15, 0.2) is 11.0 Å². The number of rotatable bonds is 3. The van der Waals surface area contributed by atoms with Crippen LogP contribution in [0.1, 0.15) is 19.4 Å². The molecular formula is C11H17NO3. The molecule has 0 aliphatic rings. The van der Waals surface area contributed by atoms with Crippen molar-refractivity contribution in [2.45, 2.75) is 26.9 Å². The summed E-state index contributed by atoms with van der Waals surface area (Å²) < 4.78 is 12.2. The highest BCUT2D eigenvalue weighted by molar-refractivity contribution is 5.43. The van der Waals surface area contributed by atoms with Gasteiger partial charge in [0.1, 0.15) is 0 Å². The maximum absolute atomic E-state index is 11.7. The molecule has 1 aromatic heterocycles. The third kappa shape index (κ3) is 2.32. The second-order valence-electron chi connectivity index (χ2n) is 3.73. The van der Waals surface area contributed by atoms with Crippen molar-refractivity contribution < 1.29 is 9.47 Å². The number of aryl methyl sites for hydroxylation is 1. The molecule has 1 heterocycles. The van der Waals surface area contributed by atoms with Gasteiger partial charge in [0.05, 0.1) is 25.0 Å². The van der Waals surface area contributed by atoms with Gasteiger partial charge < -0.3 is 14.0 Å². The van der Waals surface area contributed by atoms with Crippen molar-refractivity contribution in [3.63, 3.8) is 0 Å². The van der Waals surface area contributed by atoms with E-state index in [0.717, 1.165) is 0 Å². The van der Waals surface area contributed by atoms with Crippen molar-refractivity contribution >= 4 is 0 Å². The van der Waals surface area contributed by atoms with Crippen molar-refractivity contribution in [1.29, 1.82) is 0 Å². The molecule has 15 heavy (non-hydrogen) atoms. The van der Waals surface area contributed by atoms with Crippen molar-refractivity contribution in [1.82, 2.24) is 4.57 Å². The van der Waals surface area contributed by atoms with Gasteiger partial charge in [0.2, 0.25) is 0 Å². The smallest absolute Gasteiger partial charge is 0.257 e. The van der Waals surface area contributed by atoms with Crippen LogP contribution < -0.4 is 15.0 Å². The second kappa shape index (κ2) is 4.38. The normalized spacial score (nSPS) is 10.5. The Kier molecular flexibility index (Phi) is 3.39. The number of ether oxygens (including phenoxy) is 2. The zero-order chi connectivity index (χ0) is 11.6. The first kappa shape index (κ1) is 11.6. The zero-order valence-corrected chi connectivity index (χ0v) is 9.83. The molecule has 0 aliphatic carbocycles. The fourth-order valence-electron chi connectivity index (χ4n) is 1.37. The molecule has 1 aromatic rings. The molecule has 4 heteroatoms. The standard InChI is InChI=1S/C11H17NO3/c1-7(2)15-10-8(3)11(13)12(4)6-9(10)14-5/h6-7H,1-5H3. The molecule has 0 saturated heterocycles. The lowest BCUT2D eigenvalue weighted by Gasteiger charge is -2.16. The Morgan fingerprint density at radius 2 is 2.00 bits per heavy atom. The molecule has 1 rings (SSSR count). The Morgan fingerprint density at radius 3 is 2.47 bits per heavy atom. The topological polar surface area (TPSA) is 40.5 Å². The minimum absolute atomic E-state index is 0.0182. The van der Waals surface area contributed by atoms with Crippen LogP contribution in [0.2, 0.25) is 0 Å². The number of hydrogen-bond donors (Lipinski definition) is 0. The van der Waals surface area contributed by atoms with Gasteiger partial charge >= 0.3 is 0 Å². The SMILES string of the molecule is COc1cn(C)c(=O)c(C)c1OC(C)C. The average Bonchev–Trinajstić information content (AvgIpc) is 2.18. The largest absolute Gasteiger partial charge is 0.491 e. The molecule has 0 N–H and O–H groups in total. The van der Waals surface area contributed by atoms with Gasteiger partial charge in [0.15, 0.2) is 11.5 Å². The predicted molar refractivity (Wildman–Crippen MR) is 58.7 cm³/mol. The number of methoxy groups -OCH3 is 1. The number of pyridine rings is 1. The molecule has 0 spiro atoms. The van der Waals surface area contributed by atoms with Crippen molar-refractivity contribution in [2.75, 3.05) is 7.11 Å². The van der Waals surface area contributed by atoms with Crippen LogP contribution in [-0.2, 0) is 7.05 Å². The maximum atomic E-state index is 11.7. The van der Waals surface area contributed by atoms with E-state index < -0.39 is 0 Å². The molecule has 0 amide bonds. The molecule has 0 aliphatic heterocycles. The first-order valence-electron chi connectivity index (χ1n) is 4.88. The fraction of sp³-hybridized carbons (Fsp3) is 0.545. The van der Waals surface area contributed by atoms with E-state index in [-0.39, 0.29) is 11.7 Å². The summed E-state index contributed by atoms with van der Waals surface area (Å²) in [6.07, 6.45) is 1.65. The van der Waals surface area contributed by atoms with Gasteiger partial charge in [-0.05, 0) is 20.8 Å². The van der Waals surface area contributed by atoms with E-state index in [9.17, 15) is 4.79 Å². The van der Waals surface area contributed by atoms with Gasteiger partial charge in [-0.1, -0.05) is 0 Å². The summed E-state index contributed by atoms with van der Waals surface area (Å²) in [5, 5.41) is 0. The van der Waals surface area contributed by atoms with Crippen LogP contribution in [0.3, 0.4) is 0 Å². The van der Waals surface area contributed by atoms with E-state index in [4.69, 9.17) is 9.47 Å². The number of aromatic nitrogens is 1. The van der Waals surface area contributed by atoms with Crippen molar-refractivity contribution in [3.05, 3.63) is 22.1 Å². The third-order valence-electron chi connectivity index (χ3n) is 2.09. The molecule has 0 atom stereocenters. The predicted octanol–water partition coefficient (Wildman–Crippen LogP) is 1.49. The highest BCUT2D eigenvalue weighted by Crippen LogP contribution is 2.28. The summed E-state index contributed by atoms with van der Waals surface area (Å²) in [6.45, 7) is 5.56. The molecule has 4 nitrogen and oxygen atoms in total. The Bertz CT molecular complexity index is 407. The van der Waals surface area contributed by atoms with Crippen LogP contribution in [0.4, 0.5) is 0 Å². The van der Waals surface area contributed by atoms with Crippen LogP contribution in [0.25, 0.3) is 0 Å². The van der Waals surface area contributed by atoms with Gasteiger partial charge in [0, 0.05) is 7.05 Å². The van der Waals surface area contributed by atoms with Crippen LogP contribution in [0, 0.1) is 6.92 Å². The lowest BCUT2D eigenvalue weighted by Crippen LogP contribution is -2.21. The maximum Gasteiger partial charge on any atom is 0.257 e. The molecule has 0 aromatic carbocycles. The lowest BCUT2D eigenvalue weighted by atomic mass is 10.2. The summed E-state index contributed by atoms with van der Waals surface area (Å²) in [5.41, 5.74) is 0.511. The highest BCUT2D eigenvalue weighted by Gasteiger charge is 2.14. The Balaban J connectivity index is 3.34. The summed E-state index contributed by atoms with van der Waals surface area (Å²) in [7, 11) is 3.25. The minimum atomic E-state index is -0.0635. The van der Waals surface area contributed by atoms with E-state index in [1.54, 1.807) is 27.3 Å². The van der Waals surface area contributed by atoms with Crippen LogP contribution in [0.5, 0.6) is 11.5 Å². The Labute approximate surface area is 89.4 Å². The van der Waals surface area contributed by atoms with Gasteiger partial charge in [-0.3, -0.25) is 4.79 Å². The lowest BCUT2D eigenvalue weighted by molar-refractivity contribution is 0.227. The monoisotopic (exact) mass is 211 g/mol. The first-order chi connectivity index (χ1) is 6.97. The molecule has 0 unspecified atom stereocenters. The average molecular weight is 211 g/mol. The summed E-state index contributed by atoms with van der Waals surface area (Å²) in [4.78, 5) is 11.7. The molecule has 0 saturated carbocycles. The quantitative estimate of drug-likeness (QED) is 0.760. The molecular weight excluding hydrogens is 194 g/mol. The van der Waals surface area contributed by atoms with Crippen LogP contribution >= 0.6 is 0 Å². The van der Waals surface area contributed by atoms with Gasteiger partial charge in [-0.25, -0.2) is 0 Å². The summed E-state index contributed by atoms with van der Waals surface area (Å²) >= 11 is 0. The second-order valence-corrected chi connectivity index (χ2v) is 3.73. The zero-order valence-electron chi connectivity index (χ0n) is 9.83. The molecule has 84 valence electrons. The van der Waals surface area contributed by atoms with E-state index in [1.165, 1.54) is 4.57 Å². The molecule has 0 radical (unpaired) electrons. The van der Waals surface area contributed by atoms with Gasteiger partial charge in [-0.15, -0.1) is 0 Å². The third-order valence-corrected chi connectivity index (χ3v) is 2.09. The van der Waals surface area contributed by atoms with E-state index in [0.29, 0.717) is 17.1 Å². The minimum Gasteiger partial charge on any atom is -0.491 e. The Morgan fingerprint density at radius 1 is 1.40 bits per heavy atom. The van der Waals surface area contributed by atoms with Crippen molar-refractivity contribution in [3.8, 4) is 11.5 Å². The summed E-state index contributed by atoms with van der Waals surface area (Å²) in [6, 6.07) is 0.